The molecule has 2 fully saturated rings. The predicted molar refractivity (Wildman–Crippen MR) is 114 cm³/mol. The first-order valence-corrected chi connectivity index (χ1v) is 9.17. The fraction of sp³-hybridized carbons (Fsp3) is 0.632. The molecule has 2 aliphatic heterocycles. The van der Waals surface area contributed by atoms with Crippen molar-refractivity contribution in [3.63, 3.8) is 0 Å². The number of morpholine rings is 1. The molecule has 1 atom stereocenters. The van der Waals surface area contributed by atoms with E-state index in [4.69, 9.17) is 9.73 Å². The molecule has 1 aromatic carbocycles. The summed E-state index contributed by atoms with van der Waals surface area (Å²) in [6.45, 7) is 12.0. The minimum Gasteiger partial charge on any atom is -0.379 e. The maximum atomic E-state index is 5.48. The number of aliphatic imine (C=N–C) groups is 1. The van der Waals surface area contributed by atoms with E-state index in [0.717, 1.165) is 58.4 Å². The van der Waals surface area contributed by atoms with Crippen molar-refractivity contribution in [3.8, 4) is 0 Å². The molecule has 1 unspecified atom stereocenters. The Morgan fingerprint density at radius 2 is 2.00 bits per heavy atom. The lowest BCUT2D eigenvalue weighted by molar-refractivity contribution is 0.0195. The van der Waals surface area contributed by atoms with Gasteiger partial charge in [-0.05, 0) is 31.4 Å². The topological polar surface area (TPSA) is 40.1 Å². The Morgan fingerprint density at radius 1 is 1.24 bits per heavy atom. The standard InChI is InChI=1S/C19H30N4O.HI/c1-3-20-19(21-14-17-7-5-4-6-16(17)2)23-9-8-18(15-23)22-10-12-24-13-11-22;/h4-7,18H,3,8-15H2,1-2H3,(H,20,21);1H. The quantitative estimate of drug-likeness (QED) is 0.428. The van der Waals surface area contributed by atoms with Crippen molar-refractivity contribution in [1.29, 1.82) is 0 Å². The number of likely N-dealkylation sites (tertiary alicyclic amines) is 1. The molecule has 0 saturated carbocycles. The molecule has 6 heteroatoms. The third-order valence-corrected chi connectivity index (χ3v) is 5.02. The van der Waals surface area contributed by atoms with E-state index in [-0.39, 0.29) is 24.0 Å². The van der Waals surface area contributed by atoms with Crippen molar-refractivity contribution in [1.82, 2.24) is 15.1 Å². The van der Waals surface area contributed by atoms with E-state index in [1.54, 1.807) is 0 Å². The summed E-state index contributed by atoms with van der Waals surface area (Å²) in [7, 11) is 0. The molecule has 1 N–H and O–H groups in total. The number of aryl methyl sites for hydroxylation is 1. The van der Waals surface area contributed by atoms with Crippen LogP contribution in [0.3, 0.4) is 0 Å². The van der Waals surface area contributed by atoms with E-state index < -0.39 is 0 Å². The Morgan fingerprint density at radius 3 is 2.72 bits per heavy atom. The van der Waals surface area contributed by atoms with Crippen molar-refractivity contribution >= 4 is 29.9 Å². The van der Waals surface area contributed by atoms with Gasteiger partial charge in [0.15, 0.2) is 5.96 Å². The maximum absolute atomic E-state index is 5.48. The van der Waals surface area contributed by atoms with Crippen LogP contribution in [0.4, 0.5) is 0 Å². The van der Waals surface area contributed by atoms with Gasteiger partial charge in [-0.3, -0.25) is 4.90 Å². The molecule has 0 aromatic heterocycles. The van der Waals surface area contributed by atoms with Crippen molar-refractivity contribution < 1.29 is 4.74 Å². The number of halogens is 1. The molecular weight excluding hydrogens is 427 g/mol. The van der Waals surface area contributed by atoms with Crippen molar-refractivity contribution in [2.24, 2.45) is 4.99 Å². The van der Waals surface area contributed by atoms with Gasteiger partial charge < -0.3 is 15.0 Å². The van der Waals surface area contributed by atoms with Crippen LogP contribution in [-0.4, -0.2) is 67.7 Å². The summed E-state index contributed by atoms with van der Waals surface area (Å²) >= 11 is 0. The molecule has 3 rings (SSSR count). The zero-order valence-corrected chi connectivity index (χ0v) is 17.7. The van der Waals surface area contributed by atoms with Crippen LogP contribution >= 0.6 is 24.0 Å². The second-order valence-electron chi connectivity index (χ2n) is 6.63. The van der Waals surface area contributed by atoms with Gasteiger partial charge in [0, 0.05) is 38.8 Å². The van der Waals surface area contributed by atoms with Gasteiger partial charge >= 0.3 is 0 Å². The van der Waals surface area contributed by atoms with Crippen molar-refractivity contribution in [2.75, 3.05) is 45.9 Å². The summed E-state index contributed by atoms with van der Waals surface area (Å²) in [5, 5.41) is 3.47. The molecule has 0 bridgehead atoms. The highest BCUT2D eigenvalue weighted by Crippen LogP contribution is 2.17. The average Bonchev–Trinajstić information content (AvgIpc) is 3.10. The van der Waals surface area contributed by atoms with Crippen molar-refractivity contribution in [2.45, 2.75) is 32.9 Å². The Balaban J connectivity index is 0.00000225. The molecule has 2 heterocycles. The van der Waals surface area contributed by atoms with E-state index >= 15 is 0 Å². The van der Waals surface area contributed by atoms with Crippen LogP contribution in [0.25, 0.3) is 0 Å². The van der Waals surface area contributed by atoms with Gasteiger partial charge in [0.2, 0.25) is 0 Å². The van der Waals surface area contributed by atoms with E-state index in [9.17, 15) is 0 Å². The minimum atomic E-state index is 0. The lowest BCUT2D eigenvalue weighted by Crippen LogP contribution is -2.46. The first-order valence-electron chi connectivity index (χ1n) is 9.17. The number of rotatable bonds is 4. The lowest BCUT2D eigenvalue weighted by Gasteiger charge is -2.32. The number of ether oxygens (including phenoxy) is 1. The lowest BCUT2D eigenvalue weighted by atomic mass is 10.1. The molecule has 0 aliphatic carbocycles. The molecule has 25 heavy (non-hydrogen) atoms. The van der Waals surface area contributed by atoms with Crippen LogP contribution in [0.5, 0.6) is 0 Å². The fourth-order valence-corrected chi connectivity index (χ4v) is 3.55. The first kappa shape index (κ1) is 20.5. The summed E-state index contributed by atoms with van der Waals surface area (Å²) in [4.78, 5) is 9.89. The van der Waals surface area contributed by atoms with E-state index in [0.29, 0.717) is 6.04 Å². The van der Waals surface area contributed by atoms with Gasteiger partial charge in [-0.2, -0.15) is 0 Å². The van der Waals surface area contributed by atoms with Gasteiger partial charge in [-0.25, -0.2) is 4.99 Å². The molecule has 1 aromatic rings. The Labute approximate surface area is 168 Å². The Hall–Kier alpha value is -0.860. The molecule has 140 valence electrons. The highest BCUT2D eigenvalue weighted by Gasteiger charge is 2.30. The summed E-state index contributed by atoms with van der Waals surface area (Å²) in [6.07, 6.45) is 1.22. The van der Waals surface area contributed by atoms with Crippen LogP contribution in [0.1, 0.15) is 24.5 Å². The number of hydrogen-bond donors (Lipinski definition) is 1. The fourth-order valence-electron chi connectivity index (χ4n) is 3.55. The molecule has 0 spiro atoms. The summed E-state index contributed by atoms with van der Waals surface area (Å²) in [6, 6.07) is 9.14. The van der Waals surface area contributed by atoms with E-state index in [1.165, 1.54) is 17.5 Å². The SMILES string of the molecule is CCNC(=NCc1ccccc1C)N1CCC(N2CCOCC2)C1.I. The van der Waals surface area contributed by atoms with Crippen LogP contribution in [0, 0.1) is 6.92 Å². The van der Waals surface area contributed by atoms with E-state index in [2.05, 4.69) is 53.2 Å². The van der Waals surface area contributed by atoms with Crippen LogP contribution in [-0.2, 0) is 11.3 Å². The largest absolute Gasteiger partial charge is 0.379 e. The second-order valence-corrected chi connectivity index (χ2v) is 6.63. The molecule has 0 radical (unpaired) electrons. The minimum absolute atomic E-state index is 0. The number of benzene rings is 1. The van der Waals surface area contributed by atoms with Crippen molar-refractivity contribution in [3.05, 3.63) is 35.4 Å². The van der Waals surface area contributed by atoms with Gasteiger partial charge in [-0.1, -0.05) is 24.3 Å². The highest BCUT2D eigenvalue weighted by molar-refractivity contribution is 14.0. The summed E-state index contributed by atoms with van der Waals surface area (Å²) in [5.41, 5.74) is 2.61. The number of nitrogens with zero attached hydrogens (tertiary/aromatic N) is 3. The van der Waals surface area contributed by atoms with Crippen LogP contribution in [0.15, 0.2) is 29.3 Å². The number of guanidine groups is 1. The first-order chi connectivity index (χ1) is 11.8. The van der Waals surface area contributed by atoms with Crippen LogP contribution < -0.4 is 5.32 Å². The van der Waals surface area contributed by atoms with E-state index in [1.807, 2.05) is 0 Å². The molecule has 5 nitrogen and oxygen atoms in total. The Bertz CT molecular complexity index is 560. The van der Waals surface area contributed by atoms with Gasteiger partial charge in [-0.15, -0.1) is 24.0 Å². The Kier molecular flexibility index (Phi) is 8.45. The predicted octanol–water partition coefficient (Wildman–Crippen LogP) is 2.49. The van der Waals surface area contributed by atoms with Gasteiger partial charge in [0.25, 0.3) is 0 Å². The van der Waals surface area contributed by atoms with Gasteiger partial charge in [0.1, 0.15) is 0 Å². The maximum Gasteiger partial charge on any atom is 0.194 e. The molecule has 0 amide bonds. The number of nitrogens with one attached hydrogen (secondary N) is 1. The molecule has 2 saturated heterocycles. The third kappa shape index (κ3) is 5.56. The number of hydrogen-bond acceptors (Lipinski definition) is 3. The smallest absolute Gasteiger partial charge is 0.194 e. The summed E-state index contributed by atoms with van der Waals surface area (Å²) < 4.78 is 5.48. The highest BCUT2D eigenvalue weighted by atomic mass is 127. The van der Waals surface area contributed by atoms with Crippen LogP contribution in [0.2, 0.25) is 0 Å². The third-order valence-electron chi connectivity index (χ3n) is 5.02. The normalized spacial score (nSPS) is 21.9. The van der Waals surface area contributed by atoms with Gasteiger partial charge in [0.05, 0.1) is 19.8 Å². The molecular formula is C19H31IN4O. The second kappa shape index (κ2) is 10.3. The summed E-state index contributed by atoms with van der Waals surface area (Å²) in [5.74, 6) is 1.05. The average molecular weight is 458 g/mol. The zero-order chi connectivity index (χ0) is 16.8. The zero-order valence-electron chi connectivity index (χ0n) is 15.4. The molecule has 2 aliphatic rings. The monoisotopic (exact) mass is 458 g/mol.